The topological polar surface area (TPSA) is 66.4 Å². The van der Waals surface area contributed by atoms with Crippen molar-refractivity contribution < 1.29 is 35.3 Å². The molecule has 3 fully saturated rings. The molecule has 1 aliphatic heterocycles. The maximum atomic E-state index is 13.5. The Labute approximate surface area is 219 Å². The number of rotatable bonds is 8. The Kier molecular flexibility index (Phi) is 8.70. The minimum atomic E-state index is -6.35. The molecule has 3 atom stereocenters. The highest BCUT2D eigenvalue weighted by Crippen LogP contribution is 2.58. The van der Waals surface area contributed by atoms with E-state index in [1.807, 2.05) is 0 Å². The van der Waals surface area contributed by atoms with Crippen LogP contribution >= 0.6 is 0 Å². The summed E-state index contributed by atoms with van der Waals surface area (Å²) in [6.45, 7) is 3.01. The van der Waals surface area contributed by atoms with Crippen molar-refractivity contribution in [1.82, 2.24) is 0 Å². The van der Waals surface area contributed by atoms with E-state index in [9.17, 15) is 30.5 Å². The van der Waals surface area contributed by atoms with Crippen LogP contribution in [-0.4, -0.2) is 42.3 Å². The van der Waals surface area contributed by atoms with Gasteiger partial charge in [0.05, 0.1) is 6.61 Å². The first-order valence-corrected chi connectivity index (χ1v) is 16.0. The van der Waals surface area contributed by atoms with Crippen molar-refractivity contribution in [3.8, 4) is 5.75 Å². The maximum absolute atomic E-state index is 13.5. The molecule has 3 unspecified atom stereocenters. The molecule has 2 aromatic rings. The van der Waals surface area contributed by atoms with Gasteiger partial charge in [-0.2, -0.15) is 17.6 Å². The summed E-state index contributed by atoms with van der Waals surface area (Å²) in [6.07, 6.45) is 6.54. The summed E-state index contributed by atoms with van der Waals surface area (Å²) in [6, 6.07) is 13.5. The zero-order valence-corrected chi connectivity index (χ0v) is 22.6. The smallest absolute Gasteiger partial charge is 0.396 e. The van der Waals surface area contributed by atoms with E-state index >= 15 is 0 Å². The van der Waals surface area contributed by atoms with Gasteiger partial charge >= 0.3 is 11.2 Å². The minimum Gasteiger partial charge on any atom is -0.743 e. The van der Waals surface area contributed by atoms with E-state index in [2.05, 4.69) is 43.3 Å². The van der Waals surface area contributed by atoms with Gasteiger partial charge < -0.3 is 9.29 Å². The zero-order chi connectivity index (χ0) is 26.8. The lowest BCUT2D eigenvalue weighted by Gasteiger charge is -2.36. The molecule has 0 aromatic heterocycles. The van der Waals surface area contributed by atoms with Crippen LogP contribution < -0.4 is 4.74 Å². The first-order chi connectivity index (χ1) is 17.4. The summed E-state index contributed by atoms with van der Waals surface area (Å²) in [5.41, 5.74) is 0. The van der Waals surface area contributed by atoms with Crippen molar-refractivity contribution >= 4 is 31.8 Å². The summed E-state index contributed by atoms with van der Waals surface area (Å²) < 4.78 is 89.7. The number of ether oxygens (including phenoxy) is 1. The second kappa shape index (κ2) is 11.3. The first-order valence-electron chi connectivity index (χ1n) is 13.0. The molecule has 37 heavy (non-hydrogen) atoms. The molecule has 1 heterocycles. The number of unbranched alkanes of at least 4 members (excludes halogenated alkanes) is 1. The molecule has 206 valence electrons. The monoisotopic (exact) mass is 562 g/mol. The molecule has 10 heteroatoms. The van der Waals surface area contributed by atoms with Crippen molar-refractivity contribution in [3.63, 3.8) is 0 Å². The van der Waals surface area contributed by atoms with E-state index in [0.29, 0.717) is 30.2 Å². The Bertz CT molecular complexity index is 1180. The predicted molar refractivity (Wildman–Crippen MR) is 137 cm³/mol. The van der Waals surface area contributed by atoms with Crippen LogP contribution in [0.3, 0.4) is 0 Å². The molecule has 5 rings (SSSR count). The van der Waals surface area contributed by atoms with Crippen LogP contribution in [0.5, 0.6) is 5.75 Å². The Morgan fingerprint density at radius 2 is 1.68 bits per heavy atom. The van der Waals surface area contributed by atoms with Gasteiger partial charge in [0, 0.05) is 22.9 Å². The molecule has 2 aliphatic carbocycles. The van der Waals surface area contributed by atoms with E-state index in [-0.39, 0.29) is 12.3 Å². The van der Waals surface area contributed by atoms with Gasteiger partial charge in [0.15, 0.2) is 15.0 Å². The van der Waals surface area contributed by atoms with Crippen molar-refractivity contribution in [1.29, 1.82) is 0 Å². The van der Waals surface area contributed by atoms with Crippen LogP contribution in [0, 0.1) is 17.8 Å². The van der Waals surface area contributed by atoms with Crippen LogP contribution in [0.1, 0.15) is 58.3 Å². The third-order valence-electron chi connectivity index (χ3n) is 7.82. The number of alkyl halides is 4. The molecular weight excluding hydrogens is 528 g/mol. The molecular formula is C27H34F4O4S2. The number of hydrogen-bond acceptors (Lipinski definition) is 4. The average Bonchev–Trinajstić information content (AvgIpc) is 3.62. The molecule has 1 saturated heterocycles. The van der Waals surface area contributed by atoms with Gasteiger partial charge in [-0.15, -0.1) is 0 Å². The normalized spacial score (nSPS) is 24.3. The Morgan fingerprint density at radius 3 is 2.27 bits per heavy atom. The number of benzene rings is 2. The molecule has 3 aliphatic rings. The second-order valence-electron chi connectivity index (χ2n) is 10.4. The quantitative estimate of drug-likeness (QED) is 0.151. The predicted octanol–water partition coefficient (Wildman–Crippen LogP) is 6.99. The molecule has 0 radical (unpaired) electrons. The summed E-state index contributed by atoms with van der Waals surface area (Å²) in [5, 5.41) is -2.87. The molecule has 2 aromatic carbocycles. The lowest BCUT2D eigenvalue weighted by molar-refractivity contribution is -0.202. The van der Waals surface area contributed by atoms with E-state index in [4.69, 9.17) is 4.74 Å². The van der Waals surface area contributed by atoms with E-state index in [0.717, 1.165) is 18.8 Å². The van der Waals surface area contributed by atoms with Gasteiger partial charge in [-0.1, -0.05) is 25.8 Å². The summed E-state index contributed by atoms with van der Waals surface area (Å²) in [7, 11) is -5.84. The number of halogens is 4. The van der Waals surface area contributed by atoms with Crippen molar-refractivity contribution in [2.24, 2.45) is 17.8 Å². The highest BCUT2D eigenvalue weighted by atomic mass is 32.2. The van der Waals surface area contributed by atoms with Gasteiger partial charge in [0.25, 0.3) is 0 Å². The molecule has 4 nitrogen and oxygen atoms in total. The van der Waals surface area contributed by atoms with Crippen LogP contribution in [0.4, 0.5) is 17.6 Å². The van der Waals surface area contributed by atoms with Crippen LogP contribution in [0.15, 0.2) is 41.3 Å². The van der Waals surface area contributed by atoms with Crippen molar-refractivity contribution in [2.45, 2.75) is 74.4 Å². The lowest BCUT2D eigenvalue weighted by atomic mass is 9.84. The van der Waals surface area contributed by atoms with Gasteiger partial charge in [-0.05, 0) is 85.4 Å². The fourth-order valence-corrected chi connectivity index (χ4v) is 8.59. The number of fused-ring (bicyclic) bond motifs is 3. The Balaban J connectivity index is 0.000000176. The lowest BCUT2D eigenvalue weighted by Crippen LogP contribution is -2.52. The van der Waals surface area contributed by atoms with Gasteiger partial charge in [-0.25, -0.2) is 8.42 Å². The molecule has 2 saturated carbocycles. The third kappa shape index (κ3) is 6.06. The molecule has 0 spiro atoms. The third-order valence-corrected chi connectivity index (χ3v) is 11.2. The molecule has 0 amide bonds. The van der Waals surface area contributed by atoms with Crippen LogP contribution in [0.2, 0.25) is 0 Å². The number of hydrogen-bond donors (Lipinski definition) is 0. The van der Waals surface area contributed by atoms with Gasteiger partial charge in [-0.3, -0.25) is 0 Å². The SMILES string of the molecule is CCCCOc1ccc2cc([S+]3CCCC3)ccc2c1.O=S(=O)([O-])C(F)(F)C(F)(F)C1CC2CCC1C2. The van der Waals surface area contributed by atoms with Crippen LogP contribution in [-0.2, 0) is 21.0 Å². The van der Waals surface area contributed by atoms with E-state index < -0.39 is 33.1 Å². The fourth-order valence-electron chi connectivity index (χ4n) is 5.77. The van der Waals surface area contributed by atoms with E-state index in [1.54, 1.807) is 4.90 Å². The maximum Gasteiger partial charge on any atom is 0.396 e. The standard InChI is InChI=1S/C18H23OS.C9H12F4O3S/c1-2-3-10-19-17-8-6-16-14-18(9-7-15(16)13-17)20-11-4-5-12-20;10-8(11,9(12,13)17(14,15)16)7-4-5-1-2-6(7)3-5/h6-9,13-14H,2-5,10-12H2,1H3;5-7H,1-4H2,(H,14,15,16)/q+1;/p-1. The summed E-state index contributed by atoms with van der Waals surface area (Å²) in [4.78, 5) is 1.55. The Morgan fingerprint density at radius 1 is 1.00 bits per heavy atom. The van der Waals surface area contributed by atoms with Crippen LogP contribution in [0.25, 0.3) is 10.8 Å². The zero-order valence-electron chi connectivity index (χ0n) is 20.9. The second-order valence-corrected chi connectivity index (χ2v) is 14.1. The summed E-state index contributed by atoms with van der Waals surface area (Å²) >= 11 is 0. The summed E-state index contributed by atoms with van der Waals surface area (Å²) in [5.74, 6) is -3.31. The molecule has 0 N–H and O–H groups in total. The van der Waals surface area contributed by atoms with Crippen molar-refractivity contribution in [2.75, 3.05) is 18.1 Å². The largest absolute Gasteiger partial charge is 0.743 e. The Hall–Kier alpha value is -1.52. The first kappa shape index (κ1) is 28.5. The van der Waals surface area contributed by atoms with Crippen molar-refractivity contribution in [3.05, 3.63) is 36.4 Å². The molecule has 2 bridgehead atoms. The van der Waals surface area contributed by atoms with E-state index in [1.165, 1.54) is 41.5 Å². The highest BCUT2D eigenvalue weighted by Gasteiger charge is 2.68. The highest BCUT2D eigenvalue weighted by molar-refractivity contribution is 7.97. The average molecular weight is 563 g/mol. The minimum absolute atomic E-state index is 0.0407. The fraction of sp³-hybridized carbons (Fsp3) is 0.630. The van der Waals surface area contributed by atoms with Gasteiger partial charge in [0.1, 0.15) is 17.3 Å². The van der Waals surface area contributed by atoms with Gasteiger partial charge in [0.2, 0.25) is 0 Å².